The lowest BCUT2D eigenvalue weighted by Gasteiger charge is -2.29. The van der Waals surface area contributed by atoms with E-state index >= 15 is 0 Å². The Morgan fingerprint density at radius 2 is 2.05 bits per heavy atom. The van der Waals surface area contributed by atoms with Crippen LogP contribution in [0.5, 0.6) is 0 Å². The Labute approximate surface area is 119 Å². The zero-order valence-electron chi connectivity index (χ0n) is 12.1. The van der Waals surface area contributed by atoms with Gasteiger partial charge in [-0.2, -0.15) is 0 Å². The summed E-state index contributed by atoms with van der Waals surface area (Å²) in [5.41, 5.74) is -0.779. The van der Waals surface area contributed by atoms with Gasteiger partial charge in [0.05, 0.1) is 6.26 Å². The molecule has 0 radical (unpaired) electrons. The molecular weight excluding hydrogens is 256 g/mol. The Bertz CT molecular complexity index is 459. The lowest BCUT2D eigenvalue weighted by molar-refractivity contribution is -0.127. The van der Waals surface area contributed by atoms with Crippen molar-refractivity contribution in [3.05, 3.63) is 24.2 Å². The molecule has 1 aromatic heterocycles. The van der Waals surface area contributed by atoms with Crippen molar-refractivity contribution in [2.75, 3.05) is 6.54 Å². The normalized spacial score (nSPS) is 17.1. The molecule has 0 atom stereocenters. The van der Waals surface area contributed by atoms with E-state index in [1.807, 2.05) is 13.8 Å². The highest BCUT2D eigenvalue weighted by molar-refractivity contribution is 5.97. The predicted octanol–water partition coefficient (Wildman–Crippen LogP) is 2.09. The first-order valence-electron chi connectivity index (χ1n) is 7.18. The Kier molecular flexibility index (Phi) is 4.47. The highest BCUT2D eigenvalue weighted by Gasteiger charge is 2.42. The van der Waals surface area contributed by atoms with E-state index < -0.39 is 5.54 Å². The van der Waals surface area contributed by atoms with E-state index in [2.05, 4.69) is 10.6 Å². The molecule has 2 N–H and O–H groups in total. The van der Waals surface area contributed by atoms with E-state index in [1.165, 1.54) is 6.26 Å². The molecule has 1 aliphatic rings. The second-order valence-electron chi connectivity index (χ2n) is 5.82. The van der Waals surface area contributed by atoms with Crippen LogP contribution in [0.25, 0.3) is 0 Å². The second kappa shape index (κ2) is 6.11. The van der Waals surface area contributed by atoms with Gasteiger partial charge in [0.15, 0.2) is 5.76 Å². The van der Waals surface area contributed by atoms with Gasteiger partial charge in [-0.1, -0.05) is 26.7 Å². The fourth-order valence-corrected chi connectivity index (χ4v) is 2.54. The van der Waals surface area contributed by atoms with Crippen LogP contribution < -0.4 is 10.6 Å². The number of amides is 2. The maximum Gasteiger partial charge on any atom is 0.287 e. The van der Waals surface area contributed by atoms with E-state index in [4.69, 9.17) is 4.42 Å². The number of carbonyl (C=O) groups excluding carboxylic acids is 2. The molecule has 0 saturated heterocycles. The van der Waals surface area contributed by atoms with Crippen molar-refractivity contribution in [2.24, 2.45) is 5.92 Å². The van der Waals surface area contributed by atoms with E-state index in [0.717, 1.165) is 12.8 Å². The Balaban J connectivity index is 2.05. The van der Waals surface area contributed by atoms with Crippen LogP contribution >= 0.6 is 0 Å². The largest absolute Gasteiger partial charge is 0.459 e. The minimum absolute atomic E-state index is 0.0800. The van der Waals surface area contributed by atoms with Crippen LogP contribution in [0, 0.1) is 5.92 Å². The Hall–Kier alpha value is -1.78. The number of nitrogens with one attached hydrogen (secondary N) is 2. The van der Waals surface area contributed by atoms with Crippen LogP contribution in [-0.4, -0.2) is 23.9 Å². The highest BCUT2D eigenvalue weighted by Crippen LogP contribution is 2.30. The Morgan fingerprint density at radius 1 is 1.35 bits per heavy atom. The Morgan fingerprint density at radius 3 is 2.60 bits per heavy atom. The monoisotopic (exact) mass is 278 g/mol. The maximum atomic E-state index is 12.4. The molecule has 5 nitrogen and oxygen atoms in total. The lowest BCUT2D eigenvalue weighted by atomic mass is 9.95. The summed E-state index contributed by atoms with van der Waals surface area (Å²) >= 11 is 0. The number of hydrogen-bond donors (Lipinski definition) is 2. The van der Waals surface area contributed by atoms with Gasteiger partial charge >= 0.3 is 0 Å². The molecule has 20 heavy (non-hydrogen) atoms. The van der Waals surface area contributed by atoms with Gasteiger partial charge in [-0.05, 0) is 30.9 Å². The number of furan rings is 1. The molecule has 5 heteroatoms. The zero-order chi connectivity index (χ0) is 14.6. The summed E-state index contributed by atoms with van der Waals surface area (Å²) in [5, 5.41) is 5.80. The minimum atomic E-state index is -0.779. The van der Waals surface area contributed by atoms with Crippen molar-refractivity contribution in [1.29, 1.82) is 0 Å². The SMILES string of the molecule is CC(C)CNC(=O)C1(NC(=O)c2ccco2)CCCC1. The van der Waals surface area contributed by atoms with Gasteiger partial charge in [0.2, 0.25) is 5.91 Å². The third kappa shape index (κ3) is 3.21. The topological polar surface area (TPSA) is 71.3 Å². The molecule has 1 heterocycles. The third-order valence-corrected chi connectivity index (χ3v) is 3.66. The summed E-state index contributed by atoms with van der Waals surface area (Å²) in [5.74, 6) is 0.228. The average Bonchev–Trinajstić information content (AvgIpc) is 3.07. The van der Waals surface area contributed by atoms with Gasteiger partial charge in [0, 0.05) is 6.54 Å². The van der Waals surface area contributed by atoms with Gasteiger partial charge < -0.3 is 15.1 Å². The van der Waals surface area contributed by atoms with Gasteiger partial charge in [-0.15, -0.1) is 0 Å². The number of rotatable bonds is 5. The summed E-state index contributed by atoms with van der Waals surface area (Å²) in [7, 11) is 0. The van der Waals surface area contributed by atoms with E-state index in [9.17, 15) is 9.59 Å². The molecule has 0 bridgehead atoms. The number of hydrogen-bond acceptors (Lipinski definition) is 3. The van der Waals surface area contributed by atoms with Gasteiger partial charge in [0.25, 0.3) is 5.91 Å². The van der Waals surface area contributed by atoms with Crippen LogP contribution in [0.3, 0.4) is 0 Å². The van der Waals surface area contributed by atoms with Crippen LogP contribution in [0.4, 0.5) is 0 Å². The first-order valence-corrected chi connectivity index (χ1v) is 7.18. The first kappa shape index (κ1) is 14.6. The predicted molar refractivity (Wildman–Crippen MR) is 75.2 cm³/mol. The van der Waals surface area contributed by atoms with E-state index in [1.54, 1.807) is 12.1 Å². The van der Waals surface area contributed by atoms with E-state index in [0.29, 0.717) is 25.3 Å². The van der Waals surface area contributed by atoms with Crippen molar-refractivity contribution in [3.63, 3.8) is 0 Å². The maximum absolute atomic E-state index is 12.4. The van der Waals surface area contributed by atoms with Crippen molar-refractivity contribution in [1.82, 2.24) is 10.6 Å². The lowest BCUT2D eigenvalue weighted by Crippen LogP contribution is -2.57. The summed E-state index contributed by atoms with van der Waals surface area (Å²) in [6, 6.07) is 3.26. The van der Waals surface area contributed by atoms with Gasteiger partial charge in [-0.3, -0.25) is 9.59 Å². The fourth-order valence-electron chi connectivity index (χ4n) is 2.54. The minimum Gasteiger partial charge on any atom is -0.459 e. The van der Waals surface area contributed by atoms with Crippen LogP contribution in [0.2, 0.25) is 0 Å². The second-order valence-corrected chi connectivity index (χ2v) is 5.82. The molecule has 0 aromatic carbocycles. The summed E-state index contributed by atoms with van der Waals surface area (Å²) < 4.78 is 5.08. The molecule has 1 fully saturated rings. The van der Waals surface area contributed by atoms with E-state index in [-0.39, 0.29) is 17.6 Å². The fraction of sp³-hybridized carbons (Fsp3) is 0.600. The summed E-state index contributed by atoms with van der Waals surface area (Å²) in [4.78, 5) is 24.5. The molecule has 1 saturated carbocycles. The molecule has 2 amide bonds. The quantitative estimate of drug-likeness (QED) is 0.866. The molecule has 0 spiro atoms. The van der Waals surface area contributed by atoms with Crippen molar-refractivity contribution in [3.8, 4) is 0 Å². The van der Waals surface area contributed by atoms with Crippen molar-refractivity contribution >= 4 is 11.8 Å². The van der Waals surface area contributed by atoms with Crippen LogP contribution in [-0.2, 0) is 4.79 Å². The van der Waals surface area contributed by atoms with Crippen LogP contribution in [0.1, 0.15) is 50.1 Å². The third-order valence-electron chi connectivity index (χ3n) is 3.66. The average molecular weight is 278 g/mol. The smallest absolute Gasteiger partial charge is 0.287 e. The molecule has 110 valence electrons. The molecule has 1 aliphatic carbocycles. The first-order chi connectivity index (χ1) is 9.53. The zero-order valence-corrected chi connectivity index (χ0v) is 12.1. The number of carbonyl (C=O) groups is 2. The van der Waals surface area contributed by atoms with Crippen molar-refractivity contribution in [2.45, 2.75) is 45.1 Å². The van der Waals surface area contributed by atoms with Crippen LogP contribution in [0.15, 0.2) is 22.8 Å². The molecular formula is C15H22N2O3. The molecule has 1 aromatic rings. The highest BCUT2D eigenvalue weighted by atomic mass is 16.3. The molecule has 2 rings (SSSR count). The molecule has 0 unspecified atom stereocenters. The van der Waals surface area contributed by atoms with Crippen molar-refractivity contribution < 1.29 is 14.0 Å². The van der Waals surface area contributed by atoms with Gasteiger partial charge in [-0.25, -0.2) is 0 Å². The standard InChI is InChI=1S/C15H22N2O3/c1-11(2)10-16-14(19)15(7-3-4-8-15)17-13(18)12-6-5-9-20-12/h5-6,9,11H,3-4,7-8,10H2,1-2H3,(H,16,19)(H,17,18). The summed E-state index contributed by atoms with van der Waals surface area (Å²) in [6.07, 6.45) is 4.73. The van der Waals surface area contributed by atoms with Gasteiger partial charge in [0.1, 0.15) is 5.54 Å². The molecule has 0 aliphatic heterocycles. The summed E-state index contributed by atoms with van der Waals surface area (Å²) in [6.45, 7) is 4.71.